The summed E-state index contributed by atoms with van der Waals surface area (Å²) in [5, 5.41) is 0. The fraction of sp³-hybridized carbons (Fsp3) is 0.211. The van der Waals surface area contributed by atoms with Crippen molar-refractivity contribution in [2.75, 3.05) is 7.11 Å². The Morgan fingerprint density at radius 2 is 1.69 bits per heavy atom. The predicted octanol–water partition coefficient (Wildman–Crippen LogP) is 3.23. The Hall–Kier alpha value is -3.35. The van der Waals surface area contributed by atoms with Gasteiger partial charge in [0.15, 0.2) is 0 Å². The van der Waals surface area contributed by atoms with Gasteiger partial charge in [0, 0.05) is 0 Å². The highest BCUT2D eigenvalue weighted by Crippen LogP contribution is 2.34. The second-order valence-electron chi connectivity index (χ2n) is 5.73. The molecule has 7 heteroatoms. The molecule has 26 heavy (non-hydrogen) atoms. The van der Waals surface area contributed by atoms with Crippen molar-refractivity contribution in [3.63, 3.8) is 0 Å². The molecule has 0 bridgehead atoms. The second kappa shape index (κ2) is 7.26. The zero-order chi connectivity index (χ0) is 18.7. The number of rotatable bonds is 3. The van der Waals surface area contributed by atoms with Gasteiger partial charge in [-0.2, -0.15) is 4.90 Å². The largest absolute Gasteiger partial charge is 0.466 e. The van der Waals surface area contributed by atoms with Gasteiger partial charge in [-0.15, -0.1) is 0 Å². The Morgan fingerprint density at radius 3 is 2.31 bits per heavy atom. The molecule has 0 N–H and O–H groups in total. The van der Waals surface area contributed by atoms with Crippen molar-refractivity contribution in [1.29, 1.82) is 0 Å². The van der Waals surface area contributed by atoms with E-state index in [4.69, 9.17) is 14.2 Å². The first kappa shape index (κ1) is 17.5. The fourth-order valence-corrected chi connectivity index (χ4v) is 2.69. The lowest BCUT2D eigenvalue weighted by Crippen LogP contribution is -2.39. The minimum atomic E-state index is -1.26. The van der Waals surface area contributed by atoms with E-state index in [0.717, 1.165) is 10.5 Å². The third kappa shape index (κ3) is 3.37. The van der Waals surface area contributed by atoms with Crippen molar-refractivity contribution in [2.45, 2.75) is 19.1 Å². The number of cyclic esters (lactones) is 1. The molecule has 0 aromatic heterocycles. The summed E-state index contributed by atoms with van der Waals surface area (Å²) >= 11 is 0. The molecule has 2 atom stereocenters. The lowest BCUT2D eigenvalue weighted by molar-refractivity contribution is -0.150. The molecule has 1 aliphatic rings. The van der Waals surface area contributed by atoms with Crippen LogP contribution in [0.4, 0.5) is 9.59 Å². The number of carbonyl (C=O) groups is 3. The number of esters is 1. The Bertz CT molecular complexity index is 818. The summed E-state index contributed by atoms with van der Waals surface area (Å²) in [5.74, 6) is -0.473. The molecule has 1 aliphatic heterocycles. The lowest BCUT2D eigenvalue weighted by atomic mass is 10.0. The number of amides is 2. The quantitative estimate of drug-likeness (QED) is 0.786. The van der Waals surface area contributed by atoms with Crippen LogP contribution < -0.4 is 4.74 Å². The van der Waals surface area contributed by atoms with Crippen molar-refractivity contribution < 1.29 is 28.6 Å². The third-order valence-corrected chi connectivity index (χ3v) is 3.99. The molecule has 0 spiro atoms. The number of hydrogen-bond acceptors (Lipinski definition) is 6. The molecular formula is C19H17NO6. The fourth-order valence-electron chi connectivity index (χ4n) is 2.69. The van der Waals surface area contributed by atoms with Crippen LogP contribution in [0.25, 0.3) is 0 Å². The van der Waals surface area contributed by atoms with Crippen LogP contribution in [-0.2, 0) is 14.3 Å². The number of aryl methyl sites for hydroxylation is 1. The molecular weight excluding hydrogens is 338 g/mol. The first-order chi connectivity index (χ1) is 12.5. The third-order valence-electron chi connectivity index (χ3n) is 3.99. The van der Waals surface area contributed by atoms with Gasteiger partial charge in [-0.1, -0.05) is 48.0 Å². The Labute approximate surface area is 150 Å². The number of nitrogens with zero attached hydrogens (tertiary/aromatic N) is 1. The Balaban J connectivity index is 1.91. The minimum Gasteiger partial charge on any atom is -0.466 e. The van der Waals surface area contributed by atoms with Gasteiger partial charge in [0.25, 0.3) is 0 Å². The van der Waals surface area contributed by atoms with E-state index in [1.165, 1.54) is 7.11 Å². The smallest absolute Gasteiger partial charge is 0.425 e. The maximum absolute atomic E-state index is 12.6. The Kier molecular flexibility index (Phi) is 4.88. The normalized spacial score (nSPS) is 19.0. The summed E-state index contributed by atoms with van der Waals surface area (Å²) < 4.78 is 15.1. The number of hydrogen-bond donors (Lipinski definition) is 0. The zero-order valence-electron chi connectivity index (χ0n) is 14.2. The molecule has 7 nitrogen and oxygen atoms in total. The molecule has 0 radical (unpaired) electrons. The first-order valence-corrected chi connectivity index (χ1v) is 7.92. The van der Waals surface area contributed by atoms with Gasteiger partial charge >= 0.3 is 18.2 Å². The molecule has 2 aromatic rings. The number of imide groups is 1. The van der Waals surface area contributed by atoms with E-state index < -0.39 is 30.3 Å². The second-order valence-corrected chi connectivity index (χ2v) is 5.73. The van der Waals surface area contributed by atoms with Crippen molar-refractivity contribution >= 4 is 18.2 Å². The van der Waals surface area contributed by atoms with Gasteiger partial charge in [0.2, 0.25) is 6.10 Å². The van der Waals surface area contributed by atoms with E-state index in [-0.39, 0.29) is 5.75 Å². The standard InChI is InChI=1S/C19H17NO6/c1-12-8-10-14(11-9-12)25-18(22)20-15(13-6-4-3-5-7-13)16(17(21)24-2)26-19(20)23/h3-11,15-16H,1-2H3. The highest BCUT2D eigenvalue weighted by molar-refractivity contribution is 5.94. The van der Waals surface area contributed by atoms with Crippen LogP contribution in [-0.4, -0.2) is 36.3 Å². The first-order valence-electron chi connectivity index (χ1n) is 7.92. The van der Waals surface area contributed by atoms with Crippen molar-refractivity contribution in [1.82, 2.24) is 4.90 Å². The van der Waals surface area contributed by atoms with E-state index in [2.05, 4.69) is 0 Å². The summed E-state index contributed by atoms with van der Waals surface area (Å²) in [4.78, 5) is 37.7. The highest BCUT2D eigenvalue weighted by Gasteiger charge is 2.51. The predicted molar refractivity (Wildman–Crippen MR) is 90.5 cm³/mol. The van der Waals surface area contributed by atoms with Crippen molar-refractivity contribution in [3.05, 3.63) is 65.7 Å². The molecule has 0 aliphatic carbocycles. The summed E-state index contributed by atoms with van der Waals surface area (Å²) in [5.41, 5.74) is 1.55. The van der Waals surface area contributed by atoms with Gasteiger partial charge in [-0.05, 0) is 24.6 Å². The van der Waals surface area contributed by atoms with Crippen LogP contribution in [0.1, 0.15) is 17.2 Å². The number of methoxy groups -OCH3 is 1. The molecule has 1 fully saturated rings. The summed E-state index contributed by atoms with van der Waals surface area (Å²) in [6, 6.07) is 14.4. The molecule has 2 aromatic carbocycles. The van der Waals surface area contributed by atoms with Crippen LogP contribution in [0.2, 0.25) is 0 Å². The molecule has 134 valence electrons. The van der Waals surface area contributed by atoms with Crippen LogP contribution in [0, 0.1) is 6.92 Å². The summed E-state index contributed by atoms with van der Waals surface area (Å²) in [7, 11) is 1.19. The monoisotopic (exact) mass is 355 g/mol. The molecule has 1 saturated heterocycles. The summed E-state index contributed by atoms with van der Waals surface area (Å²) in [6.45, 7) is 1.90. The zero-order valence-corrected chi connectivity index (χ0v) is 14.2. The van der Waals surface area contributed by atoms with Crippen molar-refractivity contribution in [2.24, 2.45) is 0 Å². The molecule has 0 saturated carbocycles. The van der Waals surface area contributed by atoms with Gasteiger partial charge in [-0.3, -0.25) is 0 Å². The Morgan fingerprint density at radius 1 is 1.04 bits per heavy atom. The average molecular weight is 355 g/mol. The van der Waals surface area contributed by atoms with Gasteiger partial charge < -0.3 is 14.2 Å². The van der Waals surface area contributed by atoms with E-state index >= 15 is 0 Å². The molecule has 3 rings (SSSR count). The van der Waals surface area contributed by atoms with Crippen LogP contribution in [0.5, 0.6) is 5.75 Å². The van der Waals surface area contributed by atoms with E-state index in [1.807, 2.05) is 6.92 Å². The highest BCUT2D eigenvalue weighted by atomic mass is 16.6. The van der Waals surface area contributed by atoms with Crippen LogP contribution in [0.15, 0.2) is 54.6 Å². The minimum absolute atomic E-state index is 0.279. The average Bonchev–Trinajstić information content (AvgIpc) is 3.01. The summed E-state index contributed by atoms with van der Waals surface area (Å²) in [6.07, 6.45) is -3.16. The van der Waals surface area contributed by atoms with E-state index in [1.54, 1.807) is 54.6 Å². The topological polar surface area (TPSA) is 82.1 Å². The van der Waals surface area contributed by atoms with Crippen molar-refractivity contribution in [3.8, 4) is 5.75 Å². The number of benzene rings is 2. The molecule has 1 heterocycles. The van der Waals surface area contributed by atoms with E-state index in [9.17, 15) is 14.4 Å². The molecule has 2 unspecified atom stereocenters. The SMILES string of the molecule is COC(=O)C1OC(=O)N(C(=O)Oc2ccc(C)cc2)C1c1ccccc1. The molecule has 2 amide bonds. The van der Waals surface area contributed by atoms with Crippen LogP contribution in [0.3, 0.4) is 0 Å². The van der Waals surface area contributed by atoms with E-state index in [0.29, 0.717) is 5.56 Å². The maximum atomic E-state index is 12.6. The number of ether oxygens (including phenoxy) is 3. The lowest BCUT2D eigenvalue weighted by Gasteiger charge is -2.22. The maximum Gasteiger partial charge on any atom is 0.425 e. The van der Waals surface area contributed by atoms with Crippen LogP contribution >= 0.6 is 0 Å². The number of carbonyl (C=O) groups excluding carboxylic acids is 3. The van der Waals surface area contributed by atoms with Gasteiger partial charge in [-0.25, -0.2) is 14.4 Å². The van der Waals surface area contributed by atoms with Gasteiger partial charge in [0.1, 0.15) is 11.8 Å². The van der Waals surface area contributed by atoms with Gasteiger partial charge in [0.05, 0.1) is 7.11 Å².